The van der Waals surface area contributed by atoms with Gasteiger partial charge in [0.25, 0.3) is 0 Å². The lowest BCUT2D eigenvalue weighted by Gasteiger charge is -2.38. The smallest absolute Gasteiger partial charge is 0.0830 e. The molecule has 2 aliphatic rings. The van der Waals surface area contributed by atoms with Crippen LogP contribution in [0.1, 0.15) is 24.0 Å². The monoisotopic (exact) mass is 289 g/mol. The van der Waals surface area contributed by atoms with Crippen molar-refractivity contribution in [2.45, 2.75) is 44.9 Å². The van der Waals surface area contributed by atoms with Gasteiger partial charge in [-0.25, -0.2) is 0 Å². The molecule has 0 unspecified atom stereocenters. The molecule has 1 aromatic carbocycles. The first kappa shape index (κ1) is 14.8. The SMILES string of the molecule is Cc1cccc(N2CCC(N3C[C@@H](N)[C@H](O)C3)CC2)c1C. The molecule has 0 aromatic heterocycles. The van der Waals surface area contributed by atoms with Crippen LogP contribution in [0.5, 0.6) is 0 Å². The van der Waals surface area contributed by atoms with Gasteiger partial charge in [-0.05, 0) is 43.9 Å². The van der Waals surface area contributed by atoms with E-state index in [0.717, 1.165) is 39.0 Å². The first-order valence-electron chi connectivity index (χ1n) is 8.05. The molecule has 4 nitrogen and oxygen atoms in total. The Balaban J connectivity index is 1.62. The van der Waals surface area contributed by atoms with Crippen LogP contribution in [0.15, 0.2) is 18.2 Å². The van der Waals surface area contributed by atoms with Gasteiger partial charge in [0.2, 0.25) is 0 Å². The van der Waals surface area contributed by atoms with Crippen LogP contribution in [0.3, 0.4) is 0 Å². The molecular formula is C17H27N3O. The third kappa shape index (κ3) is 2.93. The molecular weight excluding hydrogens is 262 g/mol. The minimum atomic E-state index is -0.345. The summed E-state index contributed by atoms with van der Waals surface area (Å²) in [4.78, 5) is 4.89. The number of aryl methyl sites for hydroxylation is 1. The van der Waals surface area contributed by atoms with Crippen LogP contribution in [0.25, 0.3) is 0 Å². The highest BCUT2D eigenvalue weighted by atomic mass is 16.3. The summed E-state index contributed by atoms with van der Waals surface area (Å²) in [5.74, 6) is 0. The van der Waals surface area contributed by atoms with E-state index < -0.39 is 0 Å². The molecule has 0 bridgehead atoms. The molecule has 0 amide bonds. The third-order valence-electron chi connectivity index (χ3n) is 5.26. The fourth-order valence-electron chi connectivity index (χ4n) is 3.69. The number of hydrogen-bond acceptors (Lipinski definition) is 4. The van der Waals surface area contributed by atoms with Crippen molar-refractivity contribution in [1.29, 1.82) is 0 Å². The van der Waals surface area contributed by atoms with Crippen LogP contribution in [0, 0.1) is 13.8 Å². The molecule has 0 aliphatic carbocycles. The molecule has 0 spiro atoms. The second-order valence-corrected chi connectivity index (χ2v) is 6.62. The average molecular weight is 289 g/mol. The Morgan fingerprint density at radius 2 is 1.86 bits per heavy atom. The van der Waals surface area contributed by atoms with Crippen molar-refractivity contribution in [3.63, 3.8) is 0 Å². The largest absolute Gasteiger partial charge is 0.390 e. The van der Waals surface area contributed by atoms with E-state index in [1.54, 1.807) is 0 Å². The Labute approximate surface area is 127 Å². The number of benzene rings is 1. The summed E-state index contributed by atoms with van der Waals surface area (Å²) < 4.78 is 0. The second-order valence-electron chi connectivity index (χ2n) is 6.62. The zero-order valence-electron chi connectivity index (χ0n) is 13.1. The number of likely N-dealkylation sites (tertiary alicyclic amines) is 1. The lowest BCUT2D eigenvalue weighted by atomic mass is 10.0. The summed E-state index contributed by atoms with van der Waals surface area (Å²) in [5, 5.41) is 9.82. The van der Waals surface area contributed by atoms with Crippen molar-refractivity contribution >= 4 is 5.69 Å². The van der Waals surface area contributed by atoms with Crippen LogP contribution >= 0.6 is 0 Å². The number of nitrogens with two attached hydrogens (primary N) is 1. The third-order valence-corrected chi connectivity index (χ3v) is 5.26. The number of aliphatic hydroxyl groups excluding tert-OH is 1. The molecule has 2 fully saturated rings. The van der Waals surface area contributed by atoms with E-state index in [4.69, 9.17) is 5.73 Å². The fourth-order valence-corrected chi connectivity index (χ4v) is 3.69. The molecule has 1 aromatic rings. The Kier molecular flexibility index (Phi) is 4.20. The van der Waals surface area contributed by atoms with Gasteiger partial charge in [0, 0.05) is 44.0 Å². The molecule has 0 saturated carbocycles. The van der Waals surface area contributed by atoms with Gasteiger partial charge in [-0.15, -0.1) is 0 Å². The molecule has 2 atom stereocenters. The zero-order valence-corrected chi connectivity index (χ0v) is 13.1. The highest BCUT2D eigenvalue weighted by Gasteiger charge is 2.34. The van der Waals surface area contributed by atoms with E-state index in [0.29, 0.717) is 6.04 Å². The van der Waals surface area contributed by atoms with Gasteiger partial charge in [0.05, 0.1) is 6.10 Å². The molecule has 2 aliphatic heterocycles. The molecule has 2 saturated heterocycles. The number of piperidine rings is 1. The van der Waals surface area contributed by atoms with Crippen molar-refractivity contribution in [2.24, 2.45) is 5.73 Å². The number of rotatable bonds is 2. The summed E-state index contributed by atoms with van der Waals surface area (Å²) in [6.45, 7) is 8.17. The minimum Gasteiger partial charge on any atom is -0.390 e. The van der Waals surface area contributed by atoms with Gasteiger partial charge >= 0.3 is 0 Å². The van der Waals surface area contributed by atoms with Crippen molar-refractivity contribution in [2.75, 3.05) is 31.1 Å². The quantitative estimate of drug-likeness (QED) is 0.861. The predicted molar refractivity (Wildman–Crippen MR) is 86.7 cm³/mol. The van der Waals surface area contributed by atoms with E-state index in [2.05, 4.69) is 41.8 Å². The maximum atomic E-state index is 9.82. The average Bonchev–Trinajstić information content (AvgIpc) is 2.82. The summed E-state index contributed by atoms with van der Waals surface area (Å²) in [7, 11) is 0. The molecule has 3 rings (SSSR count). The highest BCUT2D eigenvalue weighted by molar-refractivity contribution is 5.56. The van der Waals surface area contributed by atoms with Crippen LogP contribution in [0.2, 0.25) is 0 Å². The zero-order chi connectivity index (χ0) is 15.0. The maximum Gasteiger partial charge on any atom is 0.0830 e. The van der Waals surface area contributed by atoms with Crippen molar-refractivity contribution in [1.82, 2.24) is 4.90 Å². The van der Waals surface area contributed by atoms with Crippen LogP contribution < -0.4 is 10.6 Å². The summed E-state index contributed by atoms with van der Waals surface area (Å²) in [5.41, 5.74) is 10.1. The van der Waals surface area contributed by atoms with E-state index in [1.165, 1.54) is 16.8 Å². The predicted octanol–water partition coefficient (Wildman–Crippen LogP) is 1.28. The summed E-state index contributed by atoms with van der Waals surface area (Å²) in [6.07, 6.45) is 1.97. The minimum absolute atomic E-state index is 0.0675. The van der Waals surface area contributed by atoms with E-state index in [1.807, 2.05) is 0 Å². The maximum absolute atomic E-state index is 9.82. The molecule has 116 valence electrons. The summed E-state index contributed by atoms with van der Waals surface area (Å²) in [6, 6.07) is 7.08. The second kappa shape index (κ2) is 5.95. The first-order valence-corrected chi connectivity index (χ1v) is 8.05. The Bertz CT molecular complexity index is 487. The van der Waals surface area contributed by atoms with Gasteiger partial charge in [-0.3, -0.25) is 4.90 Å². The fraction of sp³-hybridized carbons (Fsp3) is 0.647. The molecule has 4 heteroatoms. The van der Waals surface area contributed by atoms with Gasteiger partial charge < -0.3 is 15.7 Å². The topological polar surface area (TPSA) is 52.7 Å². The van der Waals surface area contributed by atoms with E-state index >= 15 is 0 Å². The molecule has 2 heterocycles. The highest BCUT2D eigenvalue weighted by Crippen LogP contribution is 2.28. The Morgan fingerprint density at radius 1 is 1.14 bits per heavy atom. The number of β-amino-alcohol motifs (C(OH)–C–C–N with tert-alkyl or cyclic N) is 1. The van der Waals surface area contributed by atoms with Gasteiger partial charge in [-0.1, -0.05) is 12.1 Å². The standard InChI is InChI=1S/C17H27N3O/c1-12-4-3-5-16(13(12)2)19-8-6-14(7-9-19)20-10-15(18)17(21)11-20/h3-5,14-15,17,21H,6-11,18H2,1-2H3/t15-,17-/m1/s1. The number of aliphatic hydroxyl groups is 1. The first-order chi connectivity index (χ1) is 10.1. The summed E-state index contributed by atoms with van der Waals surface area (Å²) >= 11 is 0. The van der Waals surface area contributed by atoms with E-state index in [9.17, 15) is 5.11 Å². The Morgan fingerprint density at radius 3 is 2.48 bits per heavy atom. The van der Waals surface area contributed by atoms with Crippen LogP contribution in [-0.4, -0.2) is 54.4 Å². The number of hydrogen-bond donors (Lipinski definition) is 2. The molecule has 3 N–H and O–H groups in total. The Hall–Kier alpha value is -1.10. The van der Waals surface area contributed by atoms with E-state index in [-0.39, 0.29) is 12.1 Å². The van der Waals surface area contributed by atoms with Crippen LogP contribution in [-0.2, 0) is 0 Å². The van der Waals surface area contributed by atoms with Gasteiger partial charge in [0.1, 0.15) is 0 Å². The van der Waals surface area contributed by atoms with Gasteiger partial charge in [0.15, 0.2) is 0 Å². The van der Waals surface area contributed by atoms with Crippen molar-refractivity contribution in [3.05, 3.63) is 29.3 Å². The number of anilines is 1. The van der Waals surface area contributed by atoms with Crippen molar-refractivity contribution < 1.29 is 5.11 Å². The van der Waals surface area contributed by atoms with Gasteiger partial charge in [-0.2, -0.15) is 0 Å². The molecule has 21 heavy (non-hydrogen) atoms. The lowest BCUT2D eigenvalue weighted by Crippen LogP contribution is -2.45. The lowest BCUT2D eigenvalue weighted by molar-refractivity contribution is 0.144. The normalized spacial score (nSPS) is 28.3. The molecule has 0 radical (unpaired) electrons. The van der Waals surface area contributed by atoms with Crippen LogP contribution in [0.4, 0.5) is 5.69 Å². The number of nitrogens with zero attached hydrogens (tertiary/aromatic N) is 2. The van der Waals surface area contributed by atoms with Crippen molar-refractivity contribution in [3.8, 4) is 0 Å².